The van der Waals surface area contributed by atoms with E-state index in [1.807, 2.05) is 0 Å². The monoisotopic (exact) mass is 421 g/mol. The minimum absolute atomic E-state index is 0.120. The van der Waals surface area contributed by atoms with Crippen LogP contribution in [0.1, 0.15) is 80.3 Å². The first-order chi connectivity index (χ1) is 15.1. The number of aromatic nitrogens is 2. The predicted octanol–water partition coefficient (Wildman–Crippen LogP) is 4.26. The summed E-state index contributed by atoms with van der Waals surface area (Å²) >= 11 is 0. The summed E-state index contributed by atoms with van der Waals surface area (Å²) in [7, 11) is 0. The van der Waals surface area contributed by atoms with Crippen molar-refractivity contribution in [1.82, 2.24) is 14.9 Å². The summed E-state index contributed by atoms with van der Waals surface area (Å²) in [4.78, 5) is 14.4. The highest BCUT2D eigenvalue weighted by molar-refractivity contribution is 5.55. The van der Waals surface area contributed by atoms with Crippen molar-refractivity contribution in [3.63, 3.8) is 0 Å². The second-order valence-electron chi connectivity index (χ2n) is 9.54. The Kier molecular flexibility index (Phi) is 5.85. The number of morpholine rings is 1. The highest BCUT2D eigenvalue weighted by Gasteiger charge is 2.37. The minimum Gasteiger partial charge on any atom is -0.383 e. The Labute approximate surface area is 185 Å². The van der Waals surface area contributed by atoms with E-state index in [2.05, 4.69) is 47.9 Å². The van der Waals surface area contributed by atoms with Gasteiger partial charge in [0.15, 0.2) is 0 Å². The number of hydrogen-bond donors (Lipinski definition) is 1. The minimum atomic E-state index is 0.120. The van der Waals surface area contributed by atoms with Gasteiger partial charge in [0, 0.05) is 31.2 Å². The summed E-state index contributed by atoms with van der Waals surface area (Å²) in [5.74, 6) is 2.09. The molecule has 166 valence electrons. The summed E-state index contributed by atoms with van der Waals surface area (Å²) in [6.45, 7) is 8.38. The number of hydrogen-bond acceptors (Lipinski definition) is 6. The quantitative estimate of drug-likeness (QED) is 0.796. The van der Waals surface area contributed by atoms with Gasteiger partial charge in [0.05, 0.1) is 24.9 Å². The molecule has 1 aromatic heterocycles. The van der Waals surface area contributed by atoms with Crippen LogP contribution in [-0.2, 0) is 11.3 Å². The third kappa shape index (κ3) is 4.03. The number of nitrogens with two attached hydrogens (primary N) is 1. The van der Waals surface area contributed by atoms with Crippen molar-refractivity contribution in [3.05, 3.63) is 46.6 Å². The predicted molar refractivity (Wildman–Crippen MR) is 124 cm³/mol. The smallest absolute Gasteiger partial charge is 0.227 e. The van der Waals surface area contributed by atoms with Crippen molar-refractivity contribution in [2.45, 2.75) is 70.5 Å². The maximum atomic E-state index is 6.58. The van der Waals surface area contributed by atoms with Crippen LogP contribution in [0.15, 0.2) is 24.3 Å². The maximum absolute atomic E-state index is 6.58. The fourth-order valence-corrected chi connectivity index (χ4v) is 5.50. The Morgan fingerprint density at radius 1 is 0.968 bits per heavy atom. The average Bonchev–Trinajstić information content (AvgIpc) is 3.21. The molecule has 1 aliphatic carbocycles. The fourth-order valence-electron chi connectivity index (χ4n) is 5.50. The zero-order valence-electron chi connectivity index (χ0n) is 18.9. The van der Waals surface area contributed by atoms with Gasteiger partial charge in [0.25, 0.3) is 0 Å². The topological polar surface area (TPSA) is 67.5 Å². The maximum Gasteiger partial charge on any atom is 0.227 e. The average molecular weight is 422 g/mol. The lowest BCUT2D eigenvalue weighted by Gasteiger charge is -2.30. The molecule has 2 fully saturated rings. The fraction of sp³-hybridized carbons (Fsp3) is 0.600. The van der Waals surface area contributed by atoms with E-state index in [1.165, 1.54) is 43.2 Å². The summed E-state index contributed by atoms with van der Waals surface area (Å²) in [5, 5.41) is 0. The SMILES string of the molecule is CC(C)N1Cc2nc(N3CCOCC3)nc(N)c2C1c1ccc(C2CCCCC2)cc1. The Bertz CT molecular complexity index is 901. The van der Waals surface area contributed by atoms with Gasteiger partial charge in [-0.3, -0.25) is 4.90 Å². The van der Waals surface area contributed by atoms with E-state index in [-0.39, 0.29) is 6.04 Å². The second-order valence-corrected chi connectivity index (χ2v) is 9.54. The van der Waals surface area contributed by atoms with Crippen molar-refractivity contribution in [2.24, 2.45) is 0 Å². The Morgan fingerprint density at radius 3 is 2.32 bits per heavy atom. The Balaban J connectivity index is 1.47. The molecule has 31 heavy (non-hydrogen) atoms. The van der Waals surface area contributed by atoms with Gasteiger partial charge in [0.1, 0.15) is 5.82 Å². The number of nitrogens with zero attached hydrogens (tertiary/aromatic N) is 4. The number of fused-ring (bicyclic) bond motifs is 1. The molecule has 5 rings (SSSR count). The first kappa shape index (κ1) is 20.7. The molecule has 1 saturated heterocycles. The first-order valence-electron chi connectivity index (χ1n) is 12.0. The van der Waals surface area contributed by atoms with Gasteiger partial charge in [-0.25, -0.2) is 4.98 Å². The van der Waals surface area contributed by atoms with Crippen molar-refractivity contribution in [1.29, 1.82) is 0 Å². The molecule has 2 aliphatic heterocycles. The van der Waals surface area contributed by atoms with E-state index >= 15 is 0 Å². The van der Waals surface area contributed by atoms with E-state index in [4.69, 9.17) is 20.4 Å². The zero-order chi connectivity index (χ0) is 21.4. The second kappa shape index (κ2) is 8.75. The molecule has 3 heterocycles. The molecule has 0 bridgehead atoms. The van der Waals surface area contributed by atoms with Crippen LogP contribution in [0.2, 0.25) is 0 Å². The molecular formula is C25H35N5O. The van der Waals surface area contributed by atoms with Gasteiger partial charge in [-0.15, -0.1) is 0 Å². The third-order valence-corrected chi connectivity index (χ3v) is 7.27. The lowest BCUT2D eigenvalue weighted by atomic mass is 9.83. The molecule has 0 spiro atoms. The van der Waals surface area contributed by atoms with Crippen LogP contribution in [0.25, 0.3) is 0 Å². The number of ether oxygens (including phenoxy) is 1. The molecule has 1 atom stereocenters. The van der Waals surface area contributed by atoms with Crippen molar-refractivity contribution in [2.75, 3.05) is 36.9 Å². The van der Waals surface area contributed by atoms with Gasteiger partial charge < -0.3 is 15.4 Å². The first-order valence-corrected chi connectivity index (χ1v) is 12.0. The summed E-state index contributed by atoms with van der Waals surface area (Å²) < 4.78 is 5.48. The van der Waals surface area contributed by atoms with Gasteiger partial charge in [-0.05, 0) is 43.7 Å². The van der Waals surface area contributed by atoms with Crippen LogP contribution in [0.5, 0.6) is 0 Å². The van der Waals surface area contributed by atoms with Gasteiger partial charge >= 0.3 is 0 Å². The standard InChI is InChI=1S/C25H35N5O/c1-17(2)30-16-21-22(24(26)28-25(27-21)29-12-14-31-15-13-29)23(30)20-10-8-19(9-11-20)18-6-4-3-5-7-18/h8-11,17-18,23H,3-7,12-16H2,1-2H3,(H2,26,27,28). The van der Waals surface area contributed by atoms with Gasteiger partial charge in [-0.2, -0.15) is 4.98 Å². The summed E-state index contributed by atoms with van der Waals surface area (Å²) in [5.41, 5.74) is 11.5. The molecular weight excluding hydrogens is 386 g/mol. The number of anilines is 2. The summed E-state index contributed by atoms with van der Waals surface area (Å²) in [6, 6.07) is 9.84. The van der Waals surface area contributed by atoms with Crippen LogP contribution >= 0.6 is 0 Å². The third-order valence-electron chi connectivity index (χ3n) is 7.27. The largest absolute Gasteiger partial charge is 0.383 e. The zero-order valence-corrected chi connectivity index (χ0v) is 18.9. The molecule has 6 nitrogen and oxygen atoms in total. The highest BCUT2D eigenvalue weighted by atomic mass is 16.5. The van der Waals surface area contributed by atoms with E-state index in [1.54, 1.807) is 0 Å². The molecule has 2 N–H and O–H groups in total. The van der Waals surface area contributed by atoms with E-state index in [0.717, 1.165) is 42.8 Å². The van der Waals surface area contributed by atoms with Crippen molar-refractivity contribution >= 4 is 11.8 Å². The van der Waals surface area contributed by atoms with Crippen LogP contribution < -0.4 is 10.6 Å². The molecule has 1 saturated carbocycles. The molecule has 0 radical (unpaired) electrons. The van der Waals surface area contributed by atoms with Gasteiger partial charge in [-0.1, -0.05) is 43.5 Å². The Morgan fingerprint density at radius 2 is 1.65 bits per heavy atom. The number of benzene rings is 1. The molecule has 1 aromatic carbocycles. The van der Waals surface area contributed by atoms with E-state index in [9.17, 15) is 0 Å². The van der Waals surface area contributed by atoms with E-state index < -0.39 is 0 Å². The number of nitrogen functional groups attached to an aromatic ring is 1. The molecule has 6 heteroatoms. The van der Waals surface area contributed by atoms with Crippen LogP contribution in [0.4, 0.5) is 11.8 Å². The molecule has 0 amide bonds. The molecule has 1 unspecified atom stereocenters. The van der Waals surface area contributed by atoms with Gasteiger partial charge in [0.2, 0.25) is 5.95 Å². The van der Waals surface area contributed by atoms with Crippen molar-refractivity contribution in [3.8, 4) is 0 Å². The van der Waals surface area contributed by atoms with Crippen LogP contribution in [-0.4, -0.2) is 47.2 Å². The van der Waals surface area contributed by atoms with Crippen LogP contribution in [0, 0.1) is 0 Å². The molecule has 3 aliphatic rings. The van der Waals surface area contributed by atoms with Crippen LogP contribution in [0.3, 0.4) is 0 Å². The normalized spacial score (nSPS) is 22.8. The number of rotatable bonds is 4. The Hall–Kier alpha value is -2.18. The highest BCUT2D eigenvalue weighted by Crippen LogP contribution is 2.43. The lowest BCUT2D eigenvalue weighted by molar-refractivity contribution is 0.122. The lowest BCUT2D eigenvalue weighted by Crippen LogP contribution is -2.37. The summed E-state index contributed by atoms with van der Waals surface area (Å²) in [6.07, 6.45) is 6.78. The van der Waals surface area contributed by atoms with Crippen molar-refractivity contribution < 1.29 is 4.74 Å². The van der Waals surface area contributed by atoms with E-state index in [0.29, 0.717) is 25.1 Å². The molecule has 2 aromatic rings.